The van der Waals surface area contributed by atoms with Gasteiger partial charge in [-0.2, -0.15) is 0 Å². The first-order chi connectivity index (χ1) is 16.0. The minimum absolute atomic E-state index is 0.217. The van der Waals surface area contributed by atoms with Crippen molar-refractivity contribution in [2.75, 3.05) is 26.7 Å². The second kappa shape index (κ2) is 14.2. The minimum atomic E-state index is -0.617. The van der Waals surface area contributed by atoms with E-state index in [2.05, 4.69) is 4.74 Å². The number of methoxy groups -OCH3 is 2. The monoisotopic (exact) mass is 476 g/mol. The van der Waals surface area contributed by atoms with E-state index in [4.69, 9.17) is 25.8 Å². The molecule has 0 unspecified atom stereocenters. The summed E-state index contributed by atoms with van der Waals surface area (Å²) in [6, 6.07) is 9.70. The lowest BCUT2D eigenvalue weighted by molar-refractivity contribution is -0.134. The second-order valence-electron chi connectivity index (χ2n) is 7.13. The summed E-state index contributed by atoms with van der Waals surface area (Å²) in [5, 5.41) is 9.57. The lowest BCUT2D eigenvalue weighted by atomic mass is 10.1. The minimum Gasteiger partial charge on any atom is -0.494 e. The number of carbonyl (C=O) groups is 2. The highest BCUT2D eigenvalue weighted by Crippen LogP contribution is 2.30. The van der Waals surface area contributed by atoms with Crippen LogP contribution in [-0.4, -0.2) is 43.8 Å². The Kier molecular flexibility index (Phi) is 11.3. The normalized spacial score (nSPS) is 10.8. The van der Waals surface area contributed by atoms with Gasteiger partial charge in [-0.15, -0.1) is 11.6 Å². The Hall–Kier alpha value is -3.03. The van der Waals surface area contributed by atoms with E-state index in [1.807, 2.05) is 0 Å². The lowest BCUT2D eigenvalue weighted by Gasteiger charge is -2.12. The first-order valence-electron chi connectivity index (χ1n) is 10.6. The van der Waals surface area contributed by atoms with Gasteiger partial charge in [0.05, 0.1) is 33.0 Å². The zero-order valence-electron chi connectivity index (χ0n) is 18.8. The molecule has 0 saturated heterocycles. The van der Waals surface area contributed by atoms with E-state index in [0.717, 1.165) is 25.7 Å². The predicted molar refractivity (Wildman–Crippen MR) is 126 cm³/mol. The highest BCUT2D eigenvalue weighted by atomic mass is 35.5. The van der Waals surface area contributed by atoms with Crippen LogP contribution in [0.2, 0.25) is 0 Å². The molecular formula is C25H29ClO7. The third-order valence-electron chi connectivity index (χ3n) is 4.68. The molecule has 0 aromatic heterocycles. The summed E-state index contributed by atoms with van der Waals surface area (Å²) in [7, 11) is 2.74. The summed E-state index contributed by atoms with van der Waals surface area (Å²) in [4.78, 5) is 24.1. The first kappa shape index (κ1) is 26.2. The molecule has 0 heterocycles. The van der Waals surface area contributed by atoms with Gasteiger partial charge in [0.1, 0.15) is 5.75 Å². The molecule has 178 valence electrons. The molecule has 0 bridgehead atoms. The van der Waals surface area contributed by atoms with E-state index in [-0.39, 0.29) is 17.9 Å². The lowest BCUT2D eigenvalue weighted by Crippen LogP contribution is -2.10. The van der Waals surface area contributed by atoms with Crippen molar-refractivity contribution in [3.63, 3.8) is 0 Å². The molecule has 0 spiro atoms. The fraction of sp³-hybridized carbons (Fsp3) is 0.360. The molecule has 7 nitrogen and oxygen atoms in total. The van der Waals surface area contributed by atoms with Crippen LogP contribution in [0.3, 0.4) is 0 Å². The Bertz CT molecular complexity index is 956. The average Bonchev–Trinajstić information content (AvgIpc) is 2.84. The fourth-order valence-electron chi connectivity index (χ4n) is 2.96. The Labute approximate surface area is 198 Å². The first-order valence-corrected chi connectivity index (χ1v) is 11.1. The summed E-state index contributed by atoms with van der Waals surface area (Å²) < 4.78 is 21.2. The van der Waals surface area contributed by atoms with Crippen molar-refractivity contribution in [3.05, 3.63) is 59.2 Å². The van der Waals surface area contributed by atoms with Crippen LogP contribution in [0.4, 0.5) is 0 Å². The van der Waals surface area contributed by atoms with Crippen LogP contribution in [-0.2, 0) is 16.1 Å². The van der Waals surface area contributed by atoms with Crippen LogP contribution in [0.15, 0.2) is 42.5 Å². The fourth-order valence-corrected chi connectivity index (χ4v) is 3.15. The van der Waals surface area contributed by atoms with Gasteiger partial charge in [-0.1, -0.05) is 18.9 Å². The number of aliphatic hydroxyl groups excluding tert-OH is 1. The van der Waals surface area contributed by atoms with Crippen LogP contribution in [0, 0.1) is 0 Å². The van der Waals surface area contributed by atoms with Crippen LogP contribution in [0.1, 0.15) is 47.2 Å². The van der Waals surface area contributed by atoms with Crippen LogP contribution in [0.25, 0.3) is 6.08 Å². The average molecular weight is 477 g/mol. The zero-order valence-corrected chi connectivity index (χ0v) is 19.6. The molecule has 0 radical (unpaired) electrons. The number of alkyl halides is 1. The predicted octanol–water partition coefficient (Wildman–Crippen LogP) is 4.77. The molecule has 0 saturated carbocycles. The Balaban J connectivity index is 2.10. The van der Waals surface area contributed by atoms with Crippen LogP contribution >= 0.6 is 11.6 Å². The highest BCUT2D eigenvalue weighted by Gasteiger charge is 2.15. The van der Waals surface area contributed by atoms with Gasteiger partial charge in [0.15, 0.2) is 11.5 Å². The van der Waals surface area contributed by atoms with Crippen molar-refractivity contribution in [1.82, 2.24) is 0 Å². The molecule has 0 aliphatic heterocycles. The molecule has 8 heteroatoms. The summed E-state index contributed by atoms with van der Waals surface area (Å²) in [5.41, 5.74) is 1.45. The van der Waals surface area contributed by atoms with Crippen molar-refractivity contribution >= 4 is 29.6 Å². The van der Waals surface area contributed by atoms with Gasteiger partial charge in [-0.3, -0.25) is 0 Å². The number of unbranched alkanes of at least 4 members (excludes halogenated alkanes) is 3. The number of hydrogen-bond acceptors (Lipinski definition) is 7. The highest BCUT2D eigenvalue weighted by molar-refractivity contribution is 6.17. The summed E-state index contributed by atoms with van der Waals surface area (Å²) in [6.07, 6.45) is 6.73. The maximum absolute atomic E-state index is 12.8. The van der Waals surface area contributed by atoms with Crippen LogP contribution in [0.5, 0.6) is 17.2 Å². The smallest absolute Gasteiger partial charge is 0.343 e. The van der Waals surface area contributed by atoms with Gasteiger partial charge < -0.3 is 24.1 Å². The molecule has 0 fully saturated rings. The van der Waals surface area contributed by atoms with E-state index in [1.165, 1.54) is 20.3 Å². The van der Waals surface area contributed by atoms with E-state index < -0.39 is 11.9 Å². The van der Waals surface area contributed by atoms with E-state index in [1.54, 1.807) is 42.5 Å². The van der Waals surface area contributed by atoms with E-state index in [0.29, 0.717) is 35.1 Å². The van der Waals surface area contributed by atoms with Crippen molar-refractivity contribution in [1.29, 1.82) is 0 Å². The summed E-state index contributed by atoms with van der Waals surface area (Å²) in [6.45, 7) is 0.262. The largest absolute Gasteiger partial charge is 0.494 e. The van der Waals surface area contributed by atoms with Gasteiger partial charge in [-0.25, -0.2) is 9.59 Å². The summed E-state index contributed by atoms with van der Waals surface area (Å²) in [5.74, 6) is 0.578. The Morgan fingerprint density at radius 1 is 1.00 bits per heavy atom. The third kappa shape index (κ3) is 8.79. The van der Waals surface area contributed by atoms with E-state index in [9.17, 15) is 14.7 Å². The van der Waals surface area contributed by atoms with Crippen molar-refractivity contribution < 1.29 is 33.6 Å². The maximum atomic E-state index is 12.8. The number of esters is 2. The quantitative estimate of drug-likeness (QED) is 0.146. The van der Waals surface area contributed by atoms with Gasteiger partial charge in [0, 0.05) is 12.0 Å². The van der Waals surface area contributed by atoms with Crippen molar-refractivity contribution in [3.8, 4) is 17.2 Å². The molecule has 0 amide bonds. The maximum Gasteiger partial charge on any atom is 0.343 e. The Morgan fingerprint density at radius 2 is 1.79 bits per heavy atom. The van der Waals surface area contributed by atoms with Crippen molar-refractivity contribution in [2.45, 2.75) is 32.3 Å². The number of aliphatic hydroxyl groups is 1. The van der Waals surface area contributed by atoms with E-state index >= 15 is 0 Å². The van der Waals surface area contributed by atoms with Crippen LogP contribution < -0.4 is 14.2 Å². The van der Waals surface area contributed by atoms with Gasteiger partial charge in [-0.05, 0) is 60.4 Å². The van der Waals surface area contributed by atoms with Gasteiger partial charge in [0.25, 0.3) is 0 Å². The molecule has 0 aliphatic carbocycles. The van der Waals surface area contributed by atoms with Crippen molar-refractivity contribution in [2.24, 2.45) is 0 Å². The zero-order chi connectivity index (χ0) is 24.1. The number of ether oxygens (including phenoxy) is 4. The molecule has 2 aromatic carbocycles. The number of carbonyl (C=O) groups excluding carboxylic acids is 2. The molecule has 1 N–H and O–H groups in total. The third-order valence-corrected chi connectivity index (χ3v) is 4.95. The number of halogens is 1. The molecule has 2 rings (SSSR count). The van der Waals surface area contributed by atoms with Gasteiger partial charge in [0.2, 0.25) is 0 Å². The molecular weight excluding hydrogens is 448 g/mol. The number of hydrogen-bond donors (Lipinski definition) is 1. The Morgan fingerprint density at radius 3 is 2.48 bits per heavy atom. The standard InChI is InChI=1S/C25H29ClO7/c1-30-23-15-18(8-10-24(28)31-2)7-9-22(23)33-25(29)20-13-19(17-27)14-21(16-20)32-12-6-4-3-5-11-26/h7-10,13-16,27H,3-6,11-12,17H2,1-2H3/b10-8+. The SMILES string of the molecule is COC(=O)/C=C/c1ccc(OC(=O)c2cc(CO)cc(OCCCCCCCl)c2)c(OC)c1. The molecule has 0 aliphatic rings. The number of rotatable bonds is 13. The molecule has 33 heavy (non-hydrogen) atoms. The summed E-state index contributed by atoms with van der Waals surface area (Å²) >= 11 is 5.68. The van der Waals surface area contributed by atoms with Gasteiger partial charge >= 0.3 is 11.9 Å². The molecule has 0 atom stereocenters. The number of benzene rings is 2. The second-order valence-corrected chi connectivity index (χ2v) is 7.51. The topological polar surface area (TPSA) is 91.3 Å². The molecule has 2 aromatic rings.